The fourth-order valence-electron chi connectivity index (χ4n) is 2.34. The quantitative estimate of drug-likeness (QED) is 0.820. The molecule has 0 radical (unpaired) electrons. The molecule has 82 valence electrons. The van der Waals surface area contributed by atoms with E-state index in [0.717, 1.165) is 18.4 Å². The molecule has 1 unspecified atom stereocenters. The van der Waals surface area contributed by atoms with Gasteiger partial charge in [0.15, 0.2) is 0 Å². The topological polar surface area (TPSA) is 26.0 Å². The fraction of sp³-hybridized carbons (Fsp3) is 0.500. The Bertz CT molecular complexity index is 347. The van der Waals surface area contributed by atoms with Crippen molar-refractivity contribution in [1.82, 2.24) is 0 Å². The number of benzene rings is 1. The zero-order valence-corrected chi connectivity index (χ0v) is 9.30. The molecule has 0 heterocycles. The van der Waals surface area contributed by atoms with E-state index in [2.05, 4.69) is 0 Å². The molecule has 1 aromatic rings. The van der Waals surface area contributed by atoms with Crippen molar-refractivity contribution in [3.63, 3.8) is 0 Å². The van der Waals surface area contributed by atoms with Gasteiger partial charge in [0.05, 0.1) is 0 Å². The van der Waals surface area contributed by atoms with E-state index in [-0.39, 0.29) is 11.9 Å². The maximum atomic E-state index is 12.9. The average Bonchev–Trinajstić information content (AvgIpc) is 2.69. The predicted molar refractivity (Wildman–Crippen MR) is 60.3 cm³/mol. The van der Waals surface area contributed by atoms with Gasteiger partial charge in [0.1, 0.15) is 5.82 Å². The summed E-state index contributed by atoms with van der Waals surface area (Å²) in [6.07, 6.45) is 4.82. The molecular weight excluding hydrogens is 213 g/mol. The van der Waals surface area contributed by atoms with Crippen molar-refractivity contribution in [2.24, 2.45) is 11.7 Å². The summed E-state index contributed by atoms with van der Waals surface area (Å²) in [6, 6.07) is 4.43. The molecule has 1 nitrogen and oxygen atoms in total. The van der Waals surface area contributed by atoms with Crippen molar-refractivity contribution in [2.75, 3.05) is 0 Å². The van der Waals surface area contributed by atoms with Crippen LogP contribution in [0, 0.1) is 11.7 Å². The van der Waals surface area contributed by atoms with Crippen LogP contribution >= 0.6 is 11.6 Å². The number of nitrogens with two attached hydrogens (primary N) is 1. The third kappa shape index (κ3) is 2.32. The van der Waals surface area contributed by atoms with Gasteiger partial charge in [-0.25, -0.2) is 4.39 Å². The van der Waals surface area contributed by atoms with Crippen LogP contribution in [0.5, 0.6) is 0 Å². The lowest BCUT2D eigenvalue weighted by atomic mass is 9.92. The highest BCUT2D eigenvalue weighted by atomic mass is 35.5. The summed E-state index contributed by atoms with van der Waals surface area (Å²) in [5.41, 5.74) is 7.02. The molecule has 15 heavy (non-hydrogen) atoms. The first-order valence-corrected chi connectivity index (χ1v) is 5.77. The summed E-state index contributed by atoms with van der Waals surface area (Å²) in [4.78, 5) is 0. The first-order valence-electron chi connectivity index (χ1n) is 5.39. The molecule has 2 N–H and O–H groups in total. The minimum absolute atomic E-state index is 0.0411. The van der Waals surface area contributed by atoms with Crippen molar-refractivity contribution in [1.29, 1.82) is 0 Å². The summed E-state index contributed by atoms with van der Waals surface area (Å²) in [6.45, 7) is 0. The van der Waals surface area contributed by atoms with Gasteiger partial charge >= 0.3 is 0 Å². The molecular formula is C12H15ClFN. The monoisotopic (exact) mass is 227 g/mol. The zero-order valence-electron chi connectivity index (χ0n) is 8.55. The van der Waals surface area contributed by atoms with Crippen molar-refractivity contribution in [3.8, 4) is 0 Å². The number of rotatable bonds is 2. The maximum Gasteiger partial charge on any atom is 0.124 e. The molecule has 3 heteroatoms. The Morgan fingerprint density at radius 3 is 2.60 bits per heavy atom. The van der Waals surface area contributed by atoms with Gasteiger partial charge in [0.25, 0.3) is 0 Å². The van der Waals surface area contributed by atoms with E-state index in [1.54, 1.807) is 6.07 Å². The van der Waals surface area contributed by atoms with Crippen LogP contribution in [0.1, 0.15) is 37.3 Å². The van der Waals surface area contributed by atoms with Crippen molar-refractivity contribution >= 4 is 11.6 Å². The van der Waals surface area contributed by atoms with E-state index in [1.807, 2.05) is 0 Å². The van der Waals surface area contributed by atoms with Crippen molar-refractivity contribution in [3.05, 3.63) is 34.6 Å². The summed E-state index contributed by atoms with van der Waals surface area (Å²) in [5, 5.41) is 0.453. The Hall–Kier alpha value is -0.600. The minimum Gasteiger partial charge on any atom is -0.324 e. The third-order valence-electron chi connectivity index (χ3n) is 3.23. The molecule has 0 aliphatic heterocycles. The summed E-state index contributed by atoms with van der Waals surface area (Å²) in [5.74, 6) is 0.204. The first-order chi connectivity index (χ1) is 7.18. The number of hydrogen-bond acceptors (Lipinski definition) is 1. The highest BCUT2D eigenvalue weighted by Gasteiger charge is 2.24. The SMILES string of the molecule is NC(c1ccc(F)cc1Cl)C1CCCC1. The molecule has 0 bridgehead atoms. The number of halogens is 2. The van der Waals surface area contributed by atoms with Gasteiger partial charge in [-0.05, 0) is 36.5 Å². The standard InChI is InChI=1S/C12H15ClFN/c13-11-7-9(14)5-6-10(11)12(15)8-3-1-2-4-8/h5-8,12H,1-4,15H2. The molecule has 2 rings (SSSR count). The van der Waals surface area contributed by atoms with Crippen LogP contribution in [0.2, 0.25) is 5.02 Å². The second-order valence-corrected chi connectivity index (χ2v) is 4.64. The molecule has 0 amide bonds. The van der Waals surface area contributed by atoms with Crippen LogP contribution in [-0.4, -0.2) is 0 Å². The maximum absolute atomic E-state index is 12.9. The van der Waals surface area contributed by atoms with Gasteiger partial charge in [-0.15, -0.1) is 0 Å². The Kier molecular flexibility index (Phi) is 3.27. The van der Waals surface area contributed by atoms with Crippen molar-refractivity contribution < 1.29 is 4.39 Å². The zero-order chi connectivity index (χ0) is 10.8. The Balaban J connectivity index is 2.20. The fourth-order valence-corrected chi connectivity index (χ4v) is 2.64. The van der Waals surface area contributed by atoms with E-state index < -0.39 is 0 Å². The van der Waals surface area contributed by atoms with E-state index in [0.29, 0.717) is 10.9 Å². The molecule has 0 saturated heterocycles. The van der Waals surface area contributed by atoms with Crippen LogP contribution in [0.25, 0.3) is 0 Å². The van der Waals surface area contributed by atoms with E-state index in [1.165, 1.54) is 25.0 Å². The molecule has 1 aliphatic rings. The molecule has 0 aromatic heterocycles. The summed E-state index contributed by atoms with van der Waals surface area (Å²) in [7, 11) is 0. The van der Waals surface area contributed by atoms with Crippen LogP contribution in [-0.2, 0) is 0 Å². The summed E-state index contributed by atoms with van der Waals surface area (Å²) < 4.78 is 12.9. The smallest absolute Gasteiger partial charge is 0.124 e. The van der Waals surface area contributed by atoms with Gasteiger partial charge in [-0.2, -0.15) is 0 Å². The lowest BCUT2D eigenvalue weighted by molar-refractivity contribution is 0.444. The third-order valence-corrected chi connectivity index (χ3v) is 3.56. The van der Waals surface area contributed by atoms with Gasteiger partial charge < -0.3 is 5.73 Å². The largest absolute Gasteiger partial charge is 0.324 e. The van der Waals surface area contributed by atoms with Gasteiger partial charge in [-0.1, -0.05) is 30.5 Å². The van der Waals surface area contributed by atoms with Crippen LogP contribution in [0.3, 0.4) is 0 Å². The molecule has 1 fully saturated rings. The second-order valence-electron chi connectivity index (χ2n) is 4.24. The first kappa shape index (κ1) is 10.9. The molecule has 1 saturated carbocycles. The van der Waals surface area contributed by atoms with E-state index in [9.17, 15) is 4.39 Å². The Labute approximate surface area is 94.4 Å². The Morgan fingerprint density at radius 1 is 1.33 bits per heavy atom. The van der Waals surface area contributed by atoms with Crippen molar-refractivity contribution in [2.45, 2.75) is 31.7 Å². The van der Waals surface area contributed by atoms with Crippen LogP contribution in [0.4, 0.5) is 4.39 Å². The normalized spacial score (nSPS) is 19.4. The van der Waals surface area contributed by atoms with Crippen LogP contribution in [0.15, 0.2) is 18.2 Å². The van der Waals surface area contributed by atoms with Crippen LogP contribution < -0.4 is 5.73 Å². The average molecular weight is 228 g/mol. The van der Waals surface area contributed by atoms with Gasteiger partial charge in [-0.3, -0.25) is 0 Å². The number of hydrogen-bond donors (Lipinski definition) is 1. The minimum atomic E-state index is -0.303. The Morgan fingerprint density at radius 2 is 2.00 bits per heavy atom. The molecule has 0 spiro atoms. The predicted octanol–water partition coefficient (Wildman–Crippen LogP) is 3.67. The van der Waals surface area contributed by atoms with Gasteiger partial charge in [0, 0.05) is 11.1 Å². The molecule has 1 aliphatic carbocycles. The molecule has 1 atom stereocenters. The highest BCUT2D eigenvalue weighted by molar-refractivity contribution is 6.31. The lowest BCUT2D eigenvalue weighted by Gasteiger charge is -2.20. The lowest BCUT2D eigenvalue weighted by Crippen LogP contribution is -2.19. The van der Waals surface area contributed by atoms with E-state index in [4.69, 9.17) is 17.3 Å². The van der Waals surface area contributed by atoms with E-state index >= 15 is 0 Å². The van der Waals surface area contributed by atoms with Gasteiger partial charge in [0.2, 0.25) is 0 Å². The second kappa shape index (κ2) is 4.50. The summed E-state index contributed by atoms with van der Waals surface area (Å²) >= 11 is 5.98. The highest BCUT2D eigenvalue weighted by Crippen LogP contribution is 2.36. The molecule has 1 aromatic carbocycles.